The van der Waals surface area contributed by atoms with E-state index in [0.717, 1.165) is 11.3 Å². The van der Waals surface area contributed by atoms with Gasteiger partial charge in [-0.15, -0.1) is 0 Å². The number of para-hydroxylation sites is 1. The van der Waals surface area contributed by atoms with Crippen LogP contribution in [0.1, 0.15) is 5.56 Å². The van der Waals surface area contributed by atoms with Crippen LogP contribution < -0.4 is 9.47 Å². The molecule has 4 heteroatoms. The molecule has 0 aromatic heterocycles. The number of alkyl halides is 1. The highest BCUT2D eigenvalue weighted by molar-refractivity contribution is 9.08. The normalized spacial score (nSPS) is 10.2. The number of hydrogen-bond donors (Lipinski definition) is 0. The predicted molar refractivity (Wildman–Crippen MR) is 76.5 cm³/mol. The number of benzene rings is 2. The first-order chi connectivity index (χ1) is 9.29. The third-order valence-corrected chi connectivity index (χ3v) is 3.15. The van der Waals surface area contributed by atoms with Crippen LogP contribution in [0.2, 0.25) is 0 Å². The van der Waals surface area contributed by atoms with Crippen LogP contribution in [0.4, 0.5) is 4.39 Å². The van der Waals surface area contributed by atoms with Crippen molar-refractivity contribution in [2.75, 3.05) is 13.2 Å². The molecule has 2 nitrogen and oxygen atoms in total. The van der Waals surface area contributed by atoms with Crippen LogP contribution in [0.3, 0.4) is 0 Å². The maximum absolute atomic E-state index is 13.6. The minimum Gasteiger partial charge on any atom is -0.490 e. The van der Waals surface area contributed by atoms with Crippen molar-refractivity contribution >= 4 is 15.9 Å². The lowest BCUT2D eigenvalue weighted by Crippen LogP contribution is -2.09. The lowest BCUT2D eigenvalue weighted by atomic mass is 10.2. The second kappa shape index (κ2) is 7.14. The molecule has 100 valence electrons. The van der Waals surface area contributed by atoms with Crippen LogP contribution in [-0.2, 0) is 5.33 Å². The van der Waals surface area contributed by atoms with Gasteiger partial charge in [0.2, 0.25) is 0 Å². The number of halogens is 2. The van der Waals surface area contributed by atoms with E-state index in [1.54, 1.807) is 6.07 Å². The molecule has 2 aromatic rings. The second-order valence-corrected chi connectivity index (χ2v) is 4.47. The van der Waals surface area contributed by atoms with Gasteiger partial charge in [0.05, 0.1) is 0 Å². The van der Waals surface area contributed by atoms with E-state index in [1.807, 2.05) is 36.4 Å². The summed E-state index contributed by atoms with van der Waals surface area (Å²) < 4.78 is 24.4. The van der Waals surface area contributed by atoms with Crippen molar-refractivity contribution in [3.05, 3.63) is 59.9 Å². The molecule has 0 heterocycles. The molecule has 19 heavy (non-hydrogen) atoms. The molecule has 0 bridgehead atoms. The zero-order chi connectivity index (χ0) is 13.5. The molecule has 0 unspecified atom stereocenters. The molecule has 0 aliphatic heterocycles. The summed E-state index contributed by atoms with van der Waals surface area (Å²) in [6, 6.07) is 14.4. The van der Waals surface area contributed by atoms with E-state index >= 15 is 0 Å². The van der Waals surface area contributed by atoms with Gasteiger partial charge in [0.1, 0.15) is 19.0 Å². The SMILES string of the molecule is Fc1cc(CBr)ccc1OCCOc1ccccc1. The maximum atomic E-state index is 13.6. The van der Waals surface area contributed by atoms with Crippen molar-refractivity contribution in [2.45, 2.75) is 5.33 Å². The Hall–Kier alpha value is -1.55. The average molecular weight is 325 g/mol. The first-order valence-electron chi connectivity index (χ1n) is 5.94. The summed E-state index contributed by atoms with van der Waals surface area (Å²) in [5.74, 6) is 0.680. The Morgan fingerprint density at radius 1 is 0.947 bits per heavy atom. The van der Waals surface area contributed by atoms with Crippen molar-refractivity contribution in [2.24, 2.45) is 0 Å². The summed E-state index contributed by atoms with van der Waals surface area (Å²) >= 11 is 3.28. The van der Waals surface area contributed by atoms with Gasteiger partial charge in [-0.1, -0.05) is 40.2 Å². The Balaban J connectivity index is 1.80. The van der Waals surface area contributed by atoms with Gasteiger partial charge >= 0.3 is 0 Å². The van der Waals surface area contributed by atoms with Gasteiger partial charge < -0.3 is 9.47 Å². The average Bonchev–Trinajstić information content (AvgIpc) is 2.46. The van der Waals surface area contributed by atoms with Crippen molar-refractivity contribution < 1.29 is 13.9 Å². The predicted octanol–water partition coefficient (Wildman–Crippen LogP) is 4.18. The van der Waals surface area contributed by atoms with Gasteiger partial charge in [0, 0.05) is 5.33 Å². The molecule has 2 aromatic carbocycles. The minimum atomic E-state index is -0.350. The van der Waals surface area contributed by atoms with E-state index in [4.69, 9.17) is 9.47 Å². The second-order valence-electron chi connectivity index (χ2n) is 3.91. The van der Waals surface area contributed by atoms with Gasteiger partial charge in [0.25, 0.3) is 0 Å². The standard InChI is InChI=1S/C15H14BrFO2/c16-11-12-6-7-15(14(17)10-12)19-9-8-18-13-4-2-1-3-5-13/h1-7,10H,8-9,11H2. The highest BCUT2D eigenvalue weighted by Gasteiger charge is 2.04. The Kier molecular flexibility index (Phi) is 5.21. The molecule has 0 saturated heterocycles. The highest BCUT2D eigenvalue weighted by atomic mass is 79.9. The fourth-order valence-corrected chi connectivity index (χ4v) is 1.92. The fraction of sp³-hybridized carbons (Fsp3) is 0.200. The molecule has 0 amide bonds. The zero-order valence-electron chi connectivity index (χ0n) is 10.3. The lowest BCUT2D eigenvalue weighted by molar-refractivity contribution is 0.211. The monoisotopic (exact) mass is 324 g/mol. The zero-order valence-corrected chi connectivity index (χ0v) is 11.9. The van der Waals surface area contributed by atoms with Crippen molar-refractivity contribution in [1.82, 2.24) is 0 Å². The van der Waals surface area contributed by atoms with Gasteiger partial charge in [-0.25, -0.2) is 4.39 Å². The summed E-state index contributed by atoms with van der Waals surface area (Å²) in [5.41, 5.74) is 0.880. The maximum Gasteiger partial charge on any atom is 0.165 e. The van der Waals surface area contributed by atoms with Crippen LogP contribution in [-0.4, -0.2) is 13.2 Å². The molecule has 0 aliphatic rings. The third kappa shape index (κ3) is 4.24. The van der Waals surface area contributed by atoms with Crippen molar-refractivity contribution in [3.8, 4) is 11.5 Å². The van der Waals surface area contributed by atoms with E-state index in [-0.39, 0.29) is 11.6 Å². The Bertz CT molecular complexity index is 517. The lowest BCUT2D eigenvalue weighted by Gasteiger charge is -2.09. The molecular formula is C15H14BrFO2. The van der Waals surface area contributed by atoms with Crippen LogP contribution in [0.15, 0.2) is 48.5 Å². The van der Waals surface area contributed by atoms with E-state index in [2.05, 4.69) is 15.9 Å². The van der Waals surface area contributed by atoms with E-state index < -0.39 is 0 Å². The van der Waals surface area contributed by atoms with Crippen LogP contribution in [0, 0.1) is 5.82 Å². The van der Waals surface area contributed by atoms with Crippen LogP contribution in [0.25, 0.3) is 0 Å². The van der Waals surface area contributed by atoms with Crippen LogP contribution >= 0.6 is 15.9 Å². The Labute approximate surface area is 120 Å². The summed E-state index contributed by atoms with van der Waals surface area (Å²) in [6.07, 6.45) is 0. The van der Waals surface area contributed by atoms with E-state index in [1.165, 1.54) is 6.07 Å². The van der Waals surface area contributed by atoms with Gasteiger partial charge in [-0.2, -0.15) is 0 Å². The highest BCUT2D eigenvalue weighted by Crippen LogP contribution is 2.19. The minimum absolute atomic E-state index is 0.251. The number of rotatable bonds is 6. The Morgan fingerprint density at radius 2 is 1.68 bits per heavy atom. The molecule has 0 atom stereocenters. The fourth-order valence-electron chi connectivity index (χ4n) is 1.57. The number of ether oxygens (including phenoxy) is 2. The van der Waals surface area contributed by atoms with Crippen molar-refractivity contribution in [3.63, 3.8) is 0 Å². The molecule has 0 spiro atoms. The Morgan fingerprint density at radius 3 is 2.37 bits per heavy atom. The molecule has 0 radical (unpaired) electrons. The van der Waals surface area contributed by atoms with Crippen molar-refractivity contribution in [1.29, 1.82) is 0 Å². The first-order valence-corrected chi connectivity index (χ1v) is 7.07. The molecule has 0 N–H and O–H groups in total. The molecular weight excluding hydrogens is 311 g/mol. The smallest absolute Gasteiger partial charge is 0.165 e. The quantitative estimate of drug-likeness (QED) is 0.586. The largest absolute Gasteiger partial charge is 0.490 e. The summed E-state index contributed by atoms with van der Waals surface area (Å²) in [4.78, 5) is 0. The molecule has 0 fully saturated rings. The van der Waals surface area contributed by atoms with Crippen LogP contribution in [0.5, 0.6) is 11.5 Å². The summed E-state index contributed by atoms with van der Waals surface area (Å²) in [6.45, 7) is 0.684. The number of hydrogen-bond acceptors (Lipinski definition) is 2. The summed E-state index contributed by atoms with van der Waals surface area (Å²) in [7, 11) is 0. The topological polar surface area (TPSA) is 18.5 Å². The molecule has 2 rings (SSSR count). The van der Waals surface area contributed by atoms with Gasteiger partial charge in [-0.3, -0.25) is 0 Å². The van der Waals surface area contributed by atoms with Gasteiger partial charge in [0.15, 0.2) is 11.6 Å². The summed E-state index contributed by atoms with van der Waals surface area (Å²) in [5, 5.41) is 0.626. The molecule has 0 aliphatic carbocycles. The first kappa shape index (κ1) is 13.9. The van der Waals surface area contributed by atoms with Gasteiger partial charge in [-0.05, 0) is 29.8 Å². The third-order valence-electron chi connectivity index (χ3n) is 2.50. The molecule has 0 saturated carbocycles. The van der Waals surface area contributed by atoms with E-state index in [9.17, 15) is 4.39 Å². The van der Waals surface area contributed by atoms with E-state index in [0.29, 0.717) is 18.5 Å².